The lowest BCUT2D eigenvalue weighted by molar-refractivity contribution is -0.343. The van der Waals surface area contributed by atoms with Gasteiger partial charge in [-0.05, 0) is 57.9 Å². The summed E-state index contributed by atoms with van der Waals surface area (Å²) in [6.07, 6.45) is -9.78. The van der Waals surface area contributed by atoms with Crippen LogP contribution in [-0.2, 0) is 42.9 Å². The van der Waals surface area contributed by atoms with Gasteiger partial charge in [-0.1, -0.05) is 62.4 Å². The molecule has 4 aliphatic rings. The molecule has 312 valence electrons. The number of carbonyl (C=O) groups excluding carboxylic acids is 6. The summed E-state index contributed by atoms with van der Waals surface area (Å²) in [5, 5.41) is 39.3. The van der Waals surface area contributed by atoms with Crippen LogP contribution in [0.15, 0.2) is 71.8 Å². The fourth-order valence-electron chi connectivity index (χ4n) is 9.34. The Balaban J connectivity index is 1.49. The maximum absolute atomic E-state index is 14.8. The highest BCUT2D eigenvalue weighted by Gasteiger charge is 2.78. The molecule has 0 unspecified atom stereocenters. The third-order valence-electron chi connectivity index (χ3n) is 12.4. The molecule has 2 saturated carbocycles. The van der Waals surface area contributed by atoms with Crippen LogP contribution in [0.4, 0.5) is 4.79 Å². The number of aliphatic hydroxyl groups is 3. The summed E-state index contributed by atoms with van der Waals surface area (Å²) in [5.41, 5.74) is -8.77. The minimum absolute atomic E-state index is 0.0602. The Bertz CT molecular complexity index is 2020. The molecule has 3 fully saturated rings. The zero-order valence-corrected chi connectivity index (χ0v) is 33.8. The van der Waals surface area contributed by atoms with E-state index in [-0.39, 0.29) is 29.7 Å². The first-order valence-electron chi connectivity index (χ1n) is 19.2. The summed E-state index contributed by atoms with van der Waals surface area (Å²) >= 11 is 0. The Morgan fingerprint density at radius 2 is 1.55 bits per heavy atom. The van der Waals surface area contributed by atoms with Gasteiger partial charge in [0.05, 0.1) is 35.6 Å². The lowest BCUT2D eigenvalue weighted by Gasteiger charge is -2.66. The monoisotopic (exact) mass is 805 g/mol. The van der Waals surface area contributed by atoms with Crippen molar-refractivity contribution < 1.29 is 67.8 Å². The average molecular weight is 806 g/mol. The molecule has 0 spiro atoms. The molecule has 4 N–H and O–H groups in total. The molecule has 0 aromatic heterocycles. The number of aliphatic hydroxyl groups excluding tert-OH is 2. The number of rotatable bonds is 8. The first-order valence-corrected chi connectivity index (χ1v) is 19.2. The third kappa shape index (κ3) is 7.01. The number of benzene rings is 2. The van der Waals surface area contributed by atoms with Crippen molar-refractivity contribution in [1.82, 2.24) is 5.32 Å². The molecular formula is C43H51NO14. The average Bonchev–Trinajstić information content (AvgIpc) is 3.14. The van der Waals surface area contributed by atoms with Gasteiger partial charge in [-0.15, -0.1) is 0 Å². The normalized spacial score (nSPS) is 32.4. The zero-order chi connectivity index (χ0) is 42.7. The summed E-state index contributed by atoms with van der Waals surface area (Å²) in [5.74, 6) is -6.80. The fourth-order valence-corrected chi connectivity index (χ4v) is 9.34. The molecule has 1 amide bonds. The van der Waals surface area contributed by atoms with Crippen LogP contribution in [0.1, 0.15) is 90.2 Å². The molecule has 2 bridgehead atoms. The molecule has 6 rings (SSSR count). The van der Waals surface area contributed by atoms with Gasteiger partial charge >= 0.3 is 24.0 Å². The van der Waals surface area contributed by atoms with Crippen molar-refractivity contribution in [3.05, 3.63) is 82.9 Å². The van der Waals surface area contributed by atoms with Gasteiger partial charge in [0.15, 0.2) is 11.7 Å². The Labute approximate surface area is 336 Å². The number of fused-ring (bicyclic) bond motifs is 5. The van der Waals surface area contributed by atoms with E-state index in [4.69, 9.17) is 23.7 Å². The van der Waals surface area contributed by atoms with E-state index in [1.807, 2.05) is 0 Å². The maximum atomic E-state index is 14.8. The van der Waals surface area contributed by atoms with E-state index < -0.39 is 112 Å². The summed E-state index contributed by atoms with van der Waals surface area (Å²) in [6.45, 7) is 11.5. The molecule has 0 radical (unpaired) electrons. The largest absolute Gasteiger partial charge is 0.456 e. The van der Waals surface area contributed by atoms with E-state index >= 15 is 0 Å². The van der Waals surface area contributed by atoms with Gasteiger partial charge in [0.25, 0.3) is 0 Å². The van der Waals surface area contributed by atoms with Crippen molar-refractivity contribution in [2.75, 3.05) is 6.61 Å². The summed E-state index contributed by atoms with van der Waals surface area (Å²) in [7, 11) is 0. The first-order chi connectivity index (χ1) is 27.0. The highest BCUT2D eigenvalue weighted by atomic mass is 16.6. The van der Waals surface area contributed by atoms with Gasteiger partial charge in [0.1, 0.15) is 29.5 Å². The summed E-state index contributed by atoms with van der Waals surface area (Å²) in [4.78, 5) is 83.5. The molecule has 2 aromatic rings. The van der Waals surface area contributed by atoms with Gasteiger partial charge < -0.3 is 44.3 Å². The van der Waals surface area contributed by atoms with Crippen molar-refractivity contribution in [3.63, 3.8) is 0 Å². The quantitative estimate of drug-likeness (QED) is 0.171. The van der Waals surface area contributed by atoms with Crippen molar-refractivity contribution in [2.24, 2.45) is 16.7 Å². The highest BCUT2D eigenvalue weighted by Crippen LogP contribution is 2.63. The van der Waals surface area contributed by atoms with E-state index in [9.17, 15) is 44.1 Å². The van der Waals surface area contributed by atoms with E-state index in [0.29, 0.717) is 5.56 Å². The van der Waals surface area contributed by atoms with E-state index in [2.05, 4.69) is 5.32 Å². The Kier molecular flexibility index (Phi) is 11.0. The number of carbonyl (C=O) groups is 6. The van der Waals surface area contributed by atoms with Gasteiger partial charge in [-0.3, -0.25) is 14.4 Å². The predicted octanol–water partition coefficient (Wildman–Crippen LogP) is 3.47. The first kappa shape index (κ1) is 42.6. The molecule has 1 aliphatic heterocycles. The number of amides is 1. The van der Waals surface area contributed by atoms with Crippen molar-refractivity contribution in [3.8, 4) is 0 Å². The molecule has 15 heteroatoms. The standard InChI is InChI=1S/C43H51NO14/c1-22-26(55-37(51)32(48)30(24-15-11-9-12-16-24)44-38(52)58-39(3,4)5)20-43(53)35(56-36(50)25-17-13-10-14-18-25)33-41(8,34(49)31(47)29(22)40(43,6)7)27(46)19-28-42(33,21-54-28)57-23(2)45/h9-18,26-28,30,32-33,35,46,48,53H,19-21H2,1-8H3,(H,44,52)/t26-,27-,28+,30-,32+,33-,35-,41+,42-,43+/m1/s1. The molecule has 10 atom stereocenters. The molecule has 1 saturated heterocycles. The second-order valence-corrected chi connectivity index (χ2v) is 17.4. The third-order valence-corrected chi connectivity index (χ3v) is 12.4. The number of hydrogen-bond acceptors (Lipinski definition) is 14. The number of esters is 3. The second-order valence-electron chi connectivity index (χ2n) is 17.4. The van der Waals surface area contributed by atoms with Crippen LogP contribution in [-0.4, -0.2) is 105 Å². The smallest absolute Gasteiger partial charge is 0.408 e. The minimum Gasteiger partial charge on any atom is -0.456 e. The van der Waals surface area contributed by atoms with Crippen LogP contribution in [0.2, 0.25) is 0 Å². The number of nitrogens with one attached hydrogen (secondary N) is 1. The van der Waals surface area contributed by atoms with Crippen molar-refractivity contribution in [2.45, 2.75) is 122 Å². The van der Waals surface area contributed by atoms with Crippen molar-refractivity contribution in [1.29, 1.82) is 0 Å². The predicted molar refractivity (Wildman–Crippen MR) is 203 cm³/mol. The number of hydrogen-bond donors (Lipinski definition) is 4. The molecule has 3 aliphatic carbocycles. The molecular weight excluding hydrogens is 754 g/mol. The van der Waals surface area contributed by atoms with Crippen LogP contribution in [0.25, 0.3) is 0 Å². The molecule has 58 heavy (non-hydrogen) atoms. The highest BCUT2D eigenvalue weighted by molar-refractivity contribution is 6.46. The number of ketones is 2. The summed E-state index contributed by atoms with van der Waals surface area (Å²) < 4.78 is 29.4. The lowest BCUT2D eigenvalue weighted by atomic mass is 9.45. The zero-order valence-electron chi connectivity index (χ0n) is 33.8. The van der Waals surface area contributed by atoms with Crippen LogP contribution >= 0.6 is 0 Å². The van der Waals surface area contributed by atoms with Crippen LogP contribution in [0.3, 0.4) is 0 Å². The van der Waals surface area contributed by atoms with Gasteiger partial charge in [-0.2, -0.15) is 0 Å². The van der Waals surface area contributed by atoms with Crippen LogP contribution < -0.4 is 5.32 Å². The molecule has 2 aromatic carbocycles. The maximum Gasteiger partial charge on any atom is 0.408 e. The van der Waals surface area contributed by atoms with Gasteiger partial charge in [-0.25, -0.2) is 14.4 Å². The second kappa shape index (κ2) is 15.0. The van der Waals surface area contributed by atoms with Gasteiger partial charge in [0, 0.05) is 30.8 Å². The number of ether oxygens (including phenoxy) is 5. The molecule has 1 heterocycles. The van der Waals surface area contributed by atoms with E-state index in [1.54, 1.807) is 69.3 Å². The fraction of sp³-hybridized carbons (Fsp3) is 0.535. The summed E-state index contributed by atoms with van der Waals surface area (Å²) in [6, 6.07) is 14.5. The van der Waals surface area contributed by atoms with Crippen LogP contribution in [0.5, 0.6) is 0 Å². The van der Waals surface area contributed by atoms with Crippen LogP contribution in [0, 0.1) is 16.7 Å². The minimum atomic E-state index is -2.41. The molecule has 15 nitrogen and oxygen atoms in total. The van der Waals surface area contributed by atoms with Gasteiger partial charge in [0.2, 0.25) is 11.6 Å². The van der Waals surface area contributed by atoms with Crippen molar-refractivity contribution >= 4 is 35.6 Å². The Hall–Kier alpha value is -4.96. The topological polar surface area (TPSA) is 221 Å². The Morgan fingerprint density at radius 3 is 2.10 bits per heavy atom. The lowest BCUT2D eigenvalue weighted by Crippen LogP contribution is -2.81. The number of alkyl carbamates (subject to hydrolysis) is 1. The SMILES string of the molecule is CC(=O)O[C@]12CO[C@H]1C[C@@H](O)[C@]1(C)C(=O)C(=O)C3=C(C)[C@H](OC(=O)[C@@H](O)[C@H](NC(=O)OC(C)(C)C)c4ccccc4)C[C@](O)([C@H](OC(=O)c4ccccc4)[C@@H]21)C3(C)C. The van der Waals surface area contributed by atoms with E-state index in [0.717, 1.165) is 6.92 Å². The van der Waals surface area contributed by atoms with E-state index in [1.165, 1.54) is 39.8 Å². The number of Topliss-reactive ketones (excluding diaryl/α,β-unsaturated/α-hetero) is 2. The Morgan fingerprint density at radius 1 is 0.948 bits per heavy atom.